The Kier molecular flexibility index (Phi) is 11.9. The third-order valence-electron chi connectivity index (χ3n) is 12.6. The molecule has 0 saturated carbocycles. The number of piperazine rings is 1. The lowest BCUT2D eigenvalue weighted by molar-refractivity contribution is 0.0608. The summed E-state index contributed by atoms with van der Waals surface area (Å²) in [5, 5.41) is 14.0. The van der Waals surface area contributed by atoms with Crippen molar-refractivity contribution in [3.63, 3.8) is 0 Å². The van der Waals surface area contributed by atoms with E-state index in [4.69, 9.17) is 20.0 Å². The molecule has 1 fully saturated rings. The number of benzene rings is 6. The molecule has 0 unspecified atom stereocenters. The van der Waals surface area contributed by atoms with Crippen LogP contribution in [-0.4, -0.2) is 73.9 Å². The average Bonchev–Trinajstić information content (AvgIpc) is 4.09. The lowest BCUT2D eigenvalue weighted by atomic mass is 9.77. The highest BCUT2D eigenvalue weighted by atomic mass is 32.1. The molecule has 0 bridgehead atoms. The lowest BCUT2D eigenvalue weighted by Crippen LogP contribution is -2.45. The fraction of sp³-hybridized carbons (Fsp3) is 0.204. The van der Waals surface area contributed by atoms with E-state index in [0.717, 1.165) is 106 Å². The molecule has 0 N–H and O–H groups in total. The van der Waals surface area contributed by atoms with E-state index in [2.05, 4.69) is 172 Å². The van der Waals surface area contributed by atoms with Crippen molar-refractivity contribution in [1.82, 2.24) is 34.7 Å². The zero-order valence-corrected chi connectivity index (χ0v) is 37.4. The molecule has 0 atom stereocenters. The third-order valence-corrected chi connectivity index (χ3v) is 13.7. The first-order valence-electron chi connectivity index (χ1n) is 22.3. The number of carbonyl (C=O) groups excluding carboxylic acids is 1. The summed E-state index contributed by atoms with van der Waals surface area (Å²) < 4.78 is 9.64. The van der Waals surface area contributed by atoms with Gasteiger partial charge in [-0.1, -0.05) is 165 Å². The monoisotopic (exact) mass is 874 g/mol. The van der Waals surface area contributed by atoms with Crippen LogP contribution in [0, 0.1) is 0 Å². The van der Waals surface area contributed by atoms with Crippen LogP contribution in [-0.2, 0) is 29.8 Å². The number of rotatable bonds is 14. The predicted octanol–water partition coefficient (Wildman–Crippen LogP) is 10.4. The van der Waals surface area contributed by atoms with Crippen LogP contribution in [0.25, 0.3) is 33.5 Å². The fourth-order valence-corrected chi connectivity index (χ4v) is 10.7. The van der Waals surface area contributed by atoms with Crippen molar-refractivity contribution < 1.29 is 9.53 Å². The normalized spacial score (nSPS) is 13.4. The van der Waals surface area contributed by atoms with Gasteiger partial charge in [-0.25, -0.2) is 14.5 Å². The van der Waals surface area contributed by atoms with E-state index in [-0.39, 0.29) is 5.97 Å². The van der Waals surface area contributed by atoms with Gasteiger partial charge >= 0.3 is 5.97 Å². The Balaban J connectivity index is 1.00. The Morgan fingerprint density at radius 2 is 1.25 bits per heavy atom. The summed E-state index contributed by atoms with van der Waals surface area (Å²) in [5.74, 6) is 1.29. The molecule has 10 nitrogen and oxygen atoms in total. The highest BCUT2D eigenvalue weighted by Crippen LogP contribution is 2.43. The fourth-order valence-electron chi connectivity index (χ4n) is 9.48. The molecule has 10 rings (SSSR count). The van der Waals surface area contributed by atoms with E-state index in [9.17, 15) is 4.79 Å². The standard InChI is InChI=1S/C54H50N8O2S/c1-3-18-48-55-49-50(47(65-51(49)53(63)64-2)38-59-33-35-60(36-34-59)44-25-14-7-15-26-44)61(48)37-39-29-31-40(32-30-39)45-27-16-17-28-46(45)52-56-57-58-62(52)54(41-19-8-4-9-20-41,42-21-10-5-11-22-42)43-23-12-6-13-24-43/h4-17,19-32H,3,18,33-38H2,1-2H3. The maximum Gasteiger partial charge on any atom is 0.350 e. The zero-order valence-electron chi connectivity index (χ0n) is 36.6. The van der Waals surface area contributed by atoms with Gasteiger partial charge in [0.15, 0.2) is 5.82 Å². The molecular formula is C54H50N8O2S. The maximum atomic E-state index is 13.3. The van der Waals surface area contributed by atoms with Gasteiger partial charge in [-0.3, -0.25) is 4.90 Å². The van der Waals surface area contributed by atoms with Crippen molar-refractivity contribution in [2.75, 3.05) is 38.2 Å². The zero-order chi connectivity index (χ0) is 44.2. The largest absolute Gasteiger partial charge is 0.465 e. The second-order valence-electron chi connectivity index (χ2n) is 16.5. The van der Waals surface area contributed by atoms with Crippen LogP contribution in [0.4, 0.5) is 5.69 Å². The van der Waals surface area contributed by atoms with E-state index < -0.39 is 5.54 Å². The molecular weight excluding hydrogens is 825 g/mol. The molecule has 1 aliphatic heterocycles. The van der Waals surface area contributed by atoms with Crippen molar-refractivity contribution in [1.29, 1.82) is 0 Å². The van der Waals surface area contributed by atoms with E-state index in [1.807, 2.05) is 28.9 Å². The minimum absolute atomic E-state index is 0.338. The van der Waals surface area contributed by atoms with E-state index in [0.29, 0.717) is 17.2 Å². The van der Waals surface area contributed by atoms with Gasteiger partial charge in [-0.2, -0.15) is 0 Å². The second kappa shape index (κ2) is 18.5. The first kappa shape index (κ1) is 41.8. The van der Waals surface area contributed by atoms with Crippen LogP contribution in [0.3, 0.4) is 0 Å². The van der Waals surface area contributed by atoms with Gasteiger partial charge in [0, 0.05) is 61.8 Å². The molecule has 65 heavy (non-hydrogen) atoms. The molecule has 1 saturated heterocycles. The number of aromatic nitrogens is 6. The highest BCUT2D eigenvalue weighted by Gasteiger charge is 2.42. The van der Waals surface area contributed by atoms with Crippen molar-refractivity contribution >= 4 is 34.0 Å². The Labute approximate surface area is 383 Å². The minimum Gasteiger partial charge on any atom is -0.465 e. The van der Waals surface area contributed by atoms with Crippen molar-refractivity contribution in [3.05, 3.63) is 208 Å². The molecule has 11 heteroatoms. The van der Waals surface area contributed by atoms with Crippen LogP contribution in [0.1, 0.15) is 56.0 Å². The smallest absolute Gasteiger partial charge is 0.350 e. The van der Waals surface area contributed by atoms with Gasteiger partial charge in [0.05, 0.1) is 12.6 Å². The van der Waals surface area contributed by atoms with Crippen molar-refractivity contribution in [2.45, 2.75) is 38.4 Å². The number of aryl methyl sites for hydroxylation is 1. The number of tetrazole rings is 1. The second-order valence-corrected chi connectivity index (χ2v) is 17.6. The van der Waals surface area contributed by atoms with Crippen LogP contribution in [0.2, 0.25) is 0 Å². The lowest BCUT2D eigenvalue weighted by Gasteiger charge is -2.36. The number of carbonyl (C=O) groups is 1. The maximum absolute atomic E-state index is 13.3. The van der Waals surface area contributed by atoms with Gasteiger partial charge in [0.2, 0.25) is 0 Å². The molecule has 0 spiro atoms. The van der Waals surface area contributed by atoms with Crippen molar-refractivity contribution in [3.8, 4) is 22.5 Å². The number of nitrogens with zero attached hydrogens (tertiary/aromatic N) is 8. The van der Waals surface area contributed by atoms with E-state index in [1.165, 1.54) is 24.1 Å². The Bertz CT molecular complexity index is 2920. The summed E-state index contributed by atoms with van der Waals surface area (Å²) in [5.41, 5.74) is 9.40. The number of methoxy groups -OCH3 is 1. The summed E-state index contributed by atoms with van der Waals surface area (Å²) in [7, 11) is 1.45. The average molecular weight is 875 g/mol. The van der Waals surface area contributed by atoms with Gasteiger partial charge in [0.1, 0.15) is 21.8 Å². The Morgan fingerprint density at radius 1 is 0.677 bits per heavy atom. The molecule has 324 valence electrons. The summed E-state index contributed by atoms with van der Waals surface area (Å²) in [4.78, 5) is 25.1. The Morgan fingerprint density at radius 3 is 1.83 bits per heavy atom. The van der Waals surface area contributed by atoms with Gasteiger partial charge in [-0.15, -0.1) is 16.4 Å². The topological polar surface area (TPSA) is 94.2 Å². The number of anilines is 1. The number of para-hydroxylation sites is 1. The van der Waals surface area contributed by atoms with E-state index in [1.54, 1.807) is 0 Å². The summed E-state index contributed by atoms with van der Waals surface area (Å²) in [6, 6.07) is 59.2. The van der Waals surface area contributed by atoms with Crippen LogP contribution in [0.15, 0.2) is 170 Å². The number of ether oxygens (including phenoxy) is 1. The molecule has 9 aromatic rings. The molecule has 1 aliphatic rings. The van der Waals surface area contributed by atoms with Crippen LogP contribution < -0.4 is 4.90 Å². The van der Waals surface area contributed by atoms with Crippen LogP contribution >= 0.6 is 11.3 Å². The van der Waals surface area contributed by atoms with Gasteiger partial charge in [0.25, 0.3) is 0 Å². The number of fused-ring (bicyclic) bond motifs is 1. The summed E-state index contributed by atoms with van der Waals surface area (Å²) in [6.07, 6.45) is 1.73. The summed E-state index contributed by atoms with van der Waals surface area (Å²) in [6.45, 7) is 7.28. The quantitative estimate of drug-likeness (QED) is 0.0788. The van der Waals surface area contributed by atoms with Gasteiger partial charge in [-0.05, 0) is 62.4 Å². The molecule has 4 heterocycles. The predicted molar refractivity (Wildman–Crippen MR) is 259 cm³/mol. The number of thiophene rings is 1. The number of imidazole rings is 1. The highest BCUT2D eigenvalue weighted by molar-refractivity contribution is 7.15. The number of hydrogen-bond donors (Lipinski definition) is 0. The summed E-state index contributed by atoms with van der Waals surface area (Å²) >= 11 is 1.52. The van der Waals surface area contributed by atoms with Gasteiger partial charge < -0.3 is 14.2 Å². The molecule has 0 radical (unpaired) electrons. The number of hydrogen-bond acceptors (Lipinski definition) is 9. The number of esters is 1. The first-order chi connectivity index (χ1) is 32.1. The SMILES string of the molecule is CCCc1nc2c(C(=O)OC)sc(CN3CCN(c4ccccc4)CC3)c2n1Cc1ccc(-c2ccccc2-c2nnnn2C(c2ccccc2)(c2ccccc2)c2ccccc2)cc1. The molecule has 6 aromatic carbocycles. The minimum atomic E-state index is -0.878. The van der Waals surface area contributed by atoms with Crippen molar-refractivity contribution in [2.24, 2.45) is 0 Å². The molecule has 3 aromatic heterocycles. The molecule has 0 aliphatic carbocycles. The van der Waals surface area contributed by atoms with Crippen LogP contribution in [0.5, 0.6) is 0 Å². The first-order valence-corrected chi connectivity index (χ1v) is 23.1. The Hall–Kier alpha value is -7.21. The van der Waals surface area contributed by atoms with E-state index >= 15 is 0 Å². The third kappa shape index (κ3) is 7.91. The molecule has 0 amide bonds.